The number of rotatable bonds is 6. The number of benzene rings is 1. The van der Waals surface area contributed by atoms with Crippen LogP contribution < -0.4 is 5.32 Å². The Balaban J connectivity index is 1.86. The summed E-state index contributed by atoms with van der Waals surface area (Å²) in [6, 6.07) is 7.06. The first-order chi connectivity index (χ1) is 11.5. The summed E-state index contributed by atoms with van der Waals surface area (Å²) in [4.78, 5) is 35.7. The van der Waals surface area contributed by atoms with E-state index in [9.17, 15) is 14.4 Å². The minimum Gasteiger partial charge on any atom is -0.481 e. The zero-order valence-corrected chi connectivity index (χ0v) is 14.2. The maximum Gasteiger partial charge on any atom is 0.321 e. The van der Waals surface area contributed by atoms with E-state index in [1.54, 1.807) is 6.07 Å². The van der Waals surface area contributed by atoms with E-state index < -0.39 is 11.9 Å². The van der Waals surface area contributed by atoms with E-state index in [-0.39, 0.29) is 24.3 Å². The predicted octanol–water partition coefficient (Wildman–Crippen LogP) is 2.03. The number of thioether (sulfide) groups is 1. The van der Waals surface area contributed by atoms with Gasteiger partial charge in [0.15, 0.2) is 0 Å². The highest BCUT2D eigenvalue weighted by Crippen LogP contribution is 2.20. The van der Waals surface area contributed by atoms with Crippen molar-refractivity contribution in [1.29, 1.82) is 0 Å². The number of amides is 2. The van der Waals surface area contributed by atoms with Crippen molar-refractivity contribution < 1.29 is 24.2 Å². The highest BCUT2D eigenvalue weighted by Gasteiger charge is 2.30. The molecule has 2 amide bonds. The number of carbonyl (C=O) groups excluding carboxylic acids is 2. The van der Waals surface area contributed by atoms with Crippen LogP contribution in [-0.4, -0.2) is 53.9 Å². The lowest BCUT2D eigenvalue weighted by Gasteiger charge is -2.17. The number of esters is 1. The summed E-state index contributed by atoms with van der Waals surface area (Å²) < 4.78 is 4.58. The molecule has 2 rings (SSSR count). The van der Waals surface area contributed by atoms with E-state index in [0.29, 0.717) is 24.4 Å². The van der Waals surface area contributed by atoms with Gasteiger partial charge in [-0.3, -0.25) is 9.59 Å². The topological polar surface area (TPSA) is 95.9 Å². The van der Waals surface area contributed by atoms with E-state index in [1.165, 1.54) is 23.8 Å². The second-order valence-electron chi connectivity index (χ2n) is 5.47. The molecule has 1 aromatic carbocycles. The highest BCUT2D eigenvalue weighted by molar-refractivity contribution is 7.99. The van der Waals surface area contributed by atoms with E-state index in [2.05, 4.69) is 10.1 Å². The number of carboxylic acids is 1. The molecule has 1 saturated heterocycles. The Hall–Kier alpha value is -2.22. The Morgan fingerprint density at radius 2 is 2.21 bits per heavy atom. The fourth-order valence-corrected chi connectivity index (χ4v) is 3.20. The standard InChI is InChI=1S/C16H20N2O5S/c1-23-14(19)10-24-9-11-3-2-4-13(7-11)17-16(22)18-6-5-12(8-18)15(20)21/h2-4,7,12H,5-6,8-10H2,1H3,(H,17,22)(H,20,21). The van der Waals surface area contributed by atoms with Gasteiger partial charge < -0.3 is 20.1 Å². The number of methoxy groups -OCH3 is 1. The predicted molar refractivity (Wildman–Crippen MR) is 91.0 cm³/mol. The van der Waals surface area contributed by atoms with Crippen molar-refractivity contribution in [2.75, 3.05) is 31.3 Å². The number of nitrogens with one attached hydrogen (secondary N) is 1. The maximum atomic E-state index is 12.2. The van der Waals surface area contributed by atoms with E-state index in [1.807, 2.05) is 18.2 Å². The third kappa shape index (κ3) is 5.16. The number of anilines is 1. The second-order valence-corrected chi connectivity index (χ2v) is 6.45. The van der Waals surface area contributed by atoms with Crippen LogP contribution in [0.4, 0.5) is 10.5 Å². The van der Waals surface area contributed by atoms with Gasteiger partial charge in [-0.2, -0.15) is 0 Å². The number of hydrogen-bond acceptors (Lipinski definition) is 5. The van der Waals surface area contributed by atoms with Gasteiger partial charge in [-0.05, 0) is 24.1 Å². The van der Waals surface area contributed by atoms with Crippen LogP contribution in [0.25, 0.3) is 0 Å². The molecular weight excluding hydrogens is 332 g/mol. The maximum absolute atomic E-state index is 12.2. The molecule has 7 nitrogen and oxygen atoms in total. The SMILES string of the molecule is COC(=O)CSCc1cccc(NC(=O)N2CCC(C(=O)O)C2)c1. The van der Waals surface area contributed by atoms with Crippen molar-refractivity contribution in [2.45, 2.75) is 12.2 Å². The minimum atomic E-state index is -0.866. The third-order valence-electron chi connectivity index (χ3n) is 3.72. The van der Waals surface area contributed by atoms with Crippen LogP contribution >= 0.6 is 11.8 Å². The third-order valence-corrected chi connectivity index (χ3v) is 4.70. The first kappa shape index (κ1) is 18.1. The molecule has 130 valence electrons. The second kappa shape index (κ2) is 8.58. The van der Waals surface area contributed by atoms with E-state index in [0.717, 1.165) is 5.56 Å². The molecule has 0 aromatic heterocycles. The van der Waals surface area contributed by atoms with Crippen LogP contribution in [0.5, 0.6) is 0 Å². The molecule has 1 aromatic rings. The molecule has 1 aliphatic rings. The van der Waals surface area contributed by atoms with Gasteiger partial charge in [0.1, 0.15) is 0 Å². The van der Waals surface area contributed by atoms with Gasteiger partial charge in [0.25, 0.3) is 0 Å². The zero-order valence-electron chi connectivity index (χ0n) is 13.4. The summed E-state index contributed by atoms with van der Waals surface area (Å²) in [7, 11) is 1.35. The fraction of sp³-hybridized carbons (Fsp3) is 0.438. The van der Waals surface area contributed by atoms with Gasteiger partial charge in [0, 0.05) is 24.5 Å². The van der Waals surface area contributed by atoms with Crippen LogP contribution in [0.3, 0.4) is 0 Å². The van der Waals surface area contributed by atoms with Crippen LogP contribution in [0.1, 0.15) is 12.0 Å². The number of carboxylic acid groups (broad SMARTS) is 1. The molecule has 0 spiro atoms. The van der Waals surface area contributed by atoms with Crippen LogP contribution in [0.15, 0.2) is 24.3 Å². The molecule has 1 fully saturated rings. The Morgan fingerprint density at radius 1 is 1.42 bits per heavy atom. The molecule has 0 bridgehead atoms. The summed E-state index contributed by atoms with van der Waals surface area (Å²) in [5.74, 6) is -0.723. The van der Waals surface area contributed by atoms with Crippen molar-refractivity contribution in [3.05, 3.63) is 29.8 Å². The molecule has 0 aliphatic carbocycles. The fourth-order valence-electron chi connectivity index (χ4n) is 2.40. The molecule has 2 N–H and O–H groups in total. The van der Waals surface area contributed by atoms with Crippen LogP contribution in [-0.2, 0) is 20.1 Å². The summed E-state index contributed by atoms with van der Waals surface area (Å²) in [6.45, 7) is 0.674. The molecule has 24 heavy (non-hydrogen) atoms. The minimum absolute atomic E-state index is 0.232. The first-order valence-electron chi connectivity index (χ1n) is 7.52. The molecular formula is C16H20N2O5S. The van der Waals surface area contributed by atoms with Gasteiger partial charge in [-0.1, -0.05) is 12.1 Å². The molecule has 0 saturated carbocycles. The number of likely N-dealkylation sites (tertiary alicyclic amines) is 1. The van der Waals surface area contributed by atoms with Crippen molar-refractivity contribution in [1.82, 2.24) is 4.90 Å². The molecule has 1 unspecified atom stereocenters. The molecule has 0 radical (unpaired) electrons. The van der Waals surface area contributed by atoms with Crippen LogP contribution in [0.2, 0.25) is 0 Å². The average molecular weight is 352 g/mol. The van der Waals surface area contributed by atoms with E-state index in [4.69, 9.17) is 5.11 Å². The van der Waals surface area contributed by atoms with Crippen molar-refractivity contribution in [3.8, 4) is 0 Å². The zero-order chi connectivity index (χ0) is 17.5. The van der Waals surface area contributed by atoms with Gasteiger partial charge in [-0.25, -0.2) is 4.79 Å². The molecule has 1 heterocycles. The first-order valence-corrected chi connectivity index (χ1v) is 8.67. The summed E-state index contributed by atoms with van der Waals surface area (Å²) in [5, 5.41) is 11.8. The van der Waals surface area contributed by atoms with Crippen molar-refractivity contribution >= 4 is 35.4 Å². The average Bonchev–Trinajstić information content (AvgIpc) is 3.05. The number of ether oxygens (including phenoxy) is 1. The molecule has 1 aliphatic heterocycles. The smallest absolute Gasteiger partial charge is 0.321 e. The molecule has 1 atom stereocenters. The Bertz CT molecular complexity index is 622. The molecule has 8 heteroatoms. The summed E-state index contributed by atoms with van der Waals surface area (Å²) >= 11 is 1.43. The normalized spacial score (nSPS) is 16.7. The lowest BCUT2D eigenvalue weighted by Crippen LogP contribution is -2.33. The number of nitrogens with zero attached hydrogens (tertiary/aromatic N) is 1. The number of carbonyl (C=O) groups is 3. The Kier molecular flexibility index (Phi) is 6.48. The lowest BCUT2D eigenvalue weighted by molar-refractivity contribution is -0.141. The van der Waals surface area contributed by atoms with Crippen molar-refractivity contribution in [2.24, 2.45) is 5.92 Å². The lowest BCUT2D eigenvalue weighted by atomic mass is 10.1. The number of hydrogen-bond donors (Lipinski definition) is 2. The quantitative estimate of drug-likeness (QED) is 0.761. The van der Waals surface area contributed by atoms with Gasteiger partial charge >= 0.3 is 18.0 Å². The van der Waals surface area contributed by atoms with Gasteiger partial charge in [0.2, 0.25) is 0 Å². The Morgan fingerprint density at radius 3 is 2.88 bits per heavy atom. The number of aliphatic carboxylic acids is 1. The van der Waals surface area contributed by atoms with Gasteiger partial charge in [0.05, 0.1) is 18.8 Å². The summed E-state index contributed by atoms with van der Waals surface area (Å²) in [5.41, 5.74) is 1.63. The van der Waals surface area contributed by atoms with Gasteiger partial charge in [-0.15, -0.1) is 11.8 Å². The number of urea groups is 1. The monoisotopic (exact) mass is 352 g/mol. The van der Waals surface area contributed by atoms with Crippen molar-refractivity contribution in [3.63, 3.8) is 0 Å². The highest BCUT2D eigenvalue weighted by atomic mass is 32.2. The van der Waals surface area contributed by atoms with E-state index >= 15 is 0 Å². The summed E-state index contributed by atoms with van der Waals surface area (Å²) in [6.07, 6.45) is 0.479. The van der Waals surface area contributed by atoms with Crippen LogP contribution in [0, 0.1) is 5.92 Å². The Labute approximate surface area is 144 Å². The largest absolute Gasteiger partial charge is 0.481 e.